The van der Waals surface area contributed by atoms with Crippen LogP contribution in [0, 0.1) is 6.92 Å². The summed E-state index contributed by atoms with van der Waals surface area (Å²) in [5.74, 6) is 2.09. The minimum Gasteiger partial charge on any atom is -0.463 e. The lowest BCUT2D eigenvalue weighted by Gasteiger charge is -2.25. The van der Waals surface area contributed by atoms with Crippen LogP contribution in [0.4, 0.5) is 0 Å². The van der Waals surface area contributed by atoms with Crippen LogP contribution in [0.25, 0.3) is 0 Å². The summed E-state index contributed by atoms with van der Waals surface area (Å²) in [6.07, 6.45) is 1.42. The van der Waals surface area contributed by atoms with Crippen LogP contribution in [-0.2, 0) is 17.8 Å². The van der Waals surface area contributed by atoms with Gasteiger partial charge in [-0.15, -0.1) is 0 Å². The highest BCUT2D eigenvalue weighted by Gasteiger charge is 2.28. The first-order chi connectivity index (χ1) is 9.76. The molecule has 1 saturated heterocycles. The maximum Gasteiger partial charge on any atom is 0.120 e. The Morgan fingerprint density at radius 3 is 2.67 bits per heavy atom. The van der Waals surface area contributed by atoms with E-state index in [9.17, 15) is 0 Å². The van der Waals surface area contributed by atoms with E-state index in [0.717, 1.165) is 37.6 Å². The topological polar surface area (TPSA) is 37.6 Å². The summed E-state index contributed by atoms with van der Waals surface area (Å²) >= 11 is 0. The Bertz CT molecular complexity index is 462. The zero-order chi connectivity index (χ0) is 15.6. The van der Waals surface area contributed by atoms with Gasteiger partial charge in [-0.1, -0.05) is 0 Å². The number of hydrogen-bond donors (Lipinski definition) is 1. The predicted octanol–water partition coefficient (Wildman–Crippen LogP) is 3.09. The molecule has 0 radical (unpaired) electrons. The van der Waals surface area contributed by atoms with Gasteiger partial charge in [-0.2, -0.15) is 0 Å². The molecule has 1 aromatic rings. The first-order valence-corrected chi connectivity index (χ1v) is 7.91. The Hall–Kier alpha value is -0.840. The minimum absolute atomic E-state index is 0.104. The van der Waals surface area contributed by atoms with Gasteiger partial charge in [-0.05, 0) is 59.7 Å². The normalized spacial score (nSPS) is 23.2. The molecule has 4 nitrogen and oxygen atoms in total. The summed E-state index contributed by atoms with van der Waals surface area (Å²) in [6.45, 7) is 13.3. The second kappa shape index (κ2) is 6.51. The summed E-state index contributed by atoms with van der Waals surface area (Å²) in [5.41, 5.74) is 1.33. The van der Waals surface area contributed by atoms with Gasteiger partial charge in [0.1, 0.15) is 11.5 Å². The molecule has 0 amide bonds. The largest absolute Gasteiger partial charge is 0.463 e. The van der Waals surface area contributed by atoms with E-state index in [-0.39, 0.29) is 5.54 Å². The molecule has 4 heteroatoms. The van der Waals surface area contributed by atoms with E-state index in [2.05, 4.69) is 57.9 Å². The molecule has 1 fully saturated rings. The average molecular weight is 294 g/mol. The number of rotatable bonds is 5. The number of furan rings is 1. The zero-order valence-corrected chi connectivity index (χ0v) is 14.3. The Balaban J connectivity index is 1.95. The molecule has 2 heterocycles. The number of nitrogens with one attached hydrogen (secondary N) is 1. The smallest absolute Gasteiger partial charge is 0.120 e. The van der Waals surface area contributed by atoms with Gasteiger partial charge in [0.2, 0.25) is 0 Å². The van der Waals surface area contributed by atoms with Crippen molar-refractivity contribution in [1.82, 2.24) is 10.2 Å². The number of ether oxygens (including phenoxy) is 1. The molecule has 1 aliphatic rings. The SMILES string of the molecule is Cc1cc(CN(C)C2CCOC2C)oc1CNC(C)(C)C. The van der Waals surface area contributed by atoms with Crippen molar-refractivity contribution in [3.63, 3.8) is 0 Å². The van der Waals surface area contributed by atoms with Gasteiger partial charge >= 0.3 is 0 Å². The summed E-state index contributed by atoms with van der Waals surface area (Å²) in [7, 11) is 2.15. The summed E-state index contributed by atoms with van der Waals surface area (Å²) in [5, 5.41) is 3.48. The van der Waals surface area contributed by atoms with E-state index in [1.54, 1.807) is 0 Å². The van der Waals surface area contributed by atoms with E-state index < -0.39 is 0 Å². The minimum atomic E-state index is 0.104. The van der Waals surface area contributed by atoms with Crippen LogP contribution in [0.5, 0.6) is 0 Å². The third-order valence-corrected chi connectivity index (χ3v) is 4.16. The Morgan fingerprint density at radius 2 is 2.10 bits per heavy atom. The van der Waals surface area contributed by atoms with Gasteiger partial charge in [0.05, 0.1) is 19.2 Å². The first kappa shape index (κ1) is 16.5. The molecule has 0 spiro atoms. The van der Waals surface area contributed by atoms with Gasteiger partial charge in [-0.25, -0.2) is 0 Å². The first-order valence-electron chi connectivity index (χ1n) is 7.91. The van der Waals surface area contributed by atoms with E-state index in [0.29, 0.717) is 12.1 Å². The molecule has 2 atom stereocenters. The Morgan fingerprint density at radius 1 is 1.38 bits per heavy atom. The van der Waals surface area contributed by atoms with Crippen molar-refractivity contribution in [2.45, 2.75) is 71.8 Å². The van der Waals surface area contributed by atoms with Gasteiger partial charge in [0.25, 0.3) is 0 Å². The van der Waals surface area contributed by atoms with Crippen molar-refractivity contribution < 1.29 is 9.15 Å². The molecule has 120 valence electrons. The van der Waals surface area contributed by atoms with Crippen LogP contribution in [-0.4, -0.2) is 36.2 Å². The van der Waals surface area contributed by atoms with Gasteiger partial charge in [0.15, 0.2) is 0 Å². The maximum absolute atomic E-state index is 6.03. The second-order valence-electron chi connectivity index (χ2n) is 7.27. The predicted molar refractivity (Wildman–Crippen MR) is 85.3 cm³/mol. The second-order valence-corrected chi connectivity index (χ2v) is 7.27. The highest BCUT2D eigenvalue weighted by atomic mass is 16.5. The zero-order valence-electron chi connectivity index (χ0n) is 14.3. The highest BCUT2D eigenvalue weighted by molar-refractivity contribution is 5.20. The molecule has 1 aromatic heterocycles. The van der Waals surface area contributed by atoms with Crippen LogP contribution in [0.3, 0.4) is 0 Å². The molecular weight excluding hydrogens is 264 g/mol. The van der Waals surface area contributed by atoms with Crippen LogP contribution >= 0.6 is 0 Å². The highest BCUT2D eigenvalue weighted by Crippen LogP contribution is 2.22. The summed E-state index contributed by atoms with van der Waals surface area (Å²) in [4.78, 5) is 2.34. The van der Waals surface area contributed by atoms with Crippen molar-refractivity contribution in [2.75, 3.05) is 13.7 Å². The fraction of sp³-hybridized carbons (Fsp3) is 0.765. The van der Waals surface area contributed by atoms with E-state index in [4.69, 9.17) is 9.15 Å². The Kier molecular flexibility index (Phi) is 5.12. The van der Waals surface area contributed by atoms with Gasteiger partial charge in [0, 0.05) is 18.2 Å². The van der Waals surface area contributed by atoms with E-state index >= 15 is 0 Å². The monoisotopic (exact) mass is 294 g/mol. The number of likely N-dealkylation sites (N-methyl/N-ethyl adjacent to an activating group) is 1. The molecule has 1 N–H and O–H groups in total. The molecule has 0 bridgehead atoms. The lowest BCUT2D eigenvalue weighted by molar-refractivity contribution is 0.0790. The van der Waals surface area contributed by atoms with Crippen LogP contribution in [0.2, 0.25) is 0 Å². The van der Waals surface area contributed by atoms with Crippen LogP contribution in [0.1, 0.15) is 51.2 Å². The summed E-state index contributed by atoms with van der Waals surface area (Å²) < 4.78 is 11.7. The van der Waals surface area contributed by atoms with Crippen LogP contribution < -0.4 is 5.32 Å². The van der Waals surface area contributed by atoms with E-state index in [1.165, 1.54) is 5.56 Å². The lowest BCUT2D eigenvalue weighted by atomic mass is 10.1. The average Bonchev–Trinajstić information content (AvgIpc) is 2.92. The third kappa shape index (κ3) is 4.56. The fourth-order valence-electron chi connectivity index (χ4n) is 2.85. The number of nitrogens with zero attached hydrogens (tertiary/aromatic N) is 1. The maximum atomic E-state index is 6.03. The quantitative estimate of drug-likeness (QED) is 0.905. The lowest BCUT2D eigenvalue weighted by Crippen LogP contribution is -2.36. The molecule has 2 unspecified atom stereocenters. The van der Waals surface area contributed by atoms with Crippen molar-refractivity contribution in [1.29, 1.82) is 0 Å². The standard InChI is InChI=1S/C17H30N2O2/c1-12-9-14(21-16(12)10-18-17(3,4)5)11-19(6)15-7-8-20-13(15)2/h9,13,15,18H,7-8,10-11H2,1-6H3. The molecule has 0 aromatic carbocycles. The van der Waals surface area contributed by atoms with Crippen LogP contribution in [0.15, 0.2) is 10.5 Å². The molecule has 0 aliphatic carbocycles. The fourth-order valence-corrected chi connectivity index (χ4v) is 2.85. The van der Waals surface area contributed by atoms with Crippen molar-refractivity contribution >= 4 is 0 Å². The van der Waals surface area contributed by atoms with Crippen molar-refractivity contribution in [3.05, 3.63) is 23.2 Å². The third-order valence-electron chi connectivity index (χ3n) is 4.16. The summed E-state index contributed by atoms with van der Waals surface area (Å²) in [6, 6.07) is 2.66. The molecule has 21 heavy (non-hydrogen) atoms. The molecular formula is C17H30N2O2. The molecule has 1 aliphatic heterocycles. The van der Waals surface area contributed by atoms with Crippen molar-refractivity contribution in [2.24, 2.45) is 0 Å². The van der Waals surface area contributed by atoms with Crippen molar-refractivity contribution in [3.8, 4) is 0 Å². The number of hydrogen-bond acceptors (Lipinski definition) is 4. The number of aryl methyl sites for hydroxylation is 1. The molecule has 0 saturated carbocycles. The van der Waals surface area contributed by atoms with Gasteiger partial charge < -0.3 is 14.5 Å². The van der Waals surface area contributed by atoms with E-state index in [1.807, 2.05) is 0 Å². The van der Waals surface area contributed by atoms with Gasteiger partial charge in [-0.3, -0.25) is 4.90 Å². The molecule has 2 rings (SSSR count). The Labute approximate surface area is 128 Å².